The molecule has 3 rings (SSSR count). The topological polar surface area (TPSA) is 34.0 Å². The first-order valence-electron chi connectivity index (χ1n) is 5.48. The Labute approximate surface area is 88.9 Å². The van der Waals surface area contributed by atoms with Crippen molar-refractivity contribution >= 4 is 0 Å². The Hall–Kier alpha value is -1.58. The van der Waals surface area contributed by atoms with E-state index in [2.05, 4.69) is 25.8 Å². The van der Waals surface area contributed by atoms with Gasteiger partial charge < -0.3 is 5.01 Å². The van der Waals surface area contributed by atoms with Crippen LogP contribution in [0.15, 0.2) is 24.7 Å². The van der Waals surface area contributed by atoms with Gasteiger partial charge in [-0.05, 0) is 31.4 Å². The van der Waals surface area contributed by atoms with Crippen molar-refractivity contribution in [3.8, 4) is 11.5 Å². The number of rotatable bonds is 1. The summed E-state index contributed by atoms with van der Waals surface area (Å²) in [6.07, 6.45) is 7.60. The molecule has 0 amide bonds. The molecule has 15 heavy (non-hydrogen) atoms. The molecule has 0 atom stereocenters. The second-order valence-electron chi connectivity index (χ2n) is 3.95. The second kappa shape index (κ2) is 3.53. The van der Waals surface area contributed by atoms with E-state index in [-0.39, 0.29) is 0 Å². The summed E-state index contributed by atoms with van der Waals surface area (Å²) in [5.74, 6) is 0.972. The Bertz CT molecular complexity index is 417. The summed E-state index contributed by atoms with van der Waals surface area (Å²) in [7, 11) is 0. The lowest BCUT2D eigenvalue weighted by molar-refractivity contribution is 0.477. The van der Waals surface area contributed by atoms with Gasteiger partial charge in [-0.2, -0.15) is 0 Å². The van der Waals surface area contributed by atoms with Gasteiger partial charge in [0.2, 0.25) is 0 Å². The molecule has 3 heterocycles. The monoisotopic (exact) mass is 202 g/mol. The van der Waals surface area contributed by atoms with Crippen molar-refractivity contribution in [1.82, 2.24) is 14.6 Å². The van der Waals surface area contributed by atoms with E-state index in [9.17, 15) is 0 Å². The van der Waals surface area contributed by atoms with Gasteiger partial charge in [0.25, 0.3) is 0 Å². The maximum absolute atomic E-state index is 4.30. The molecule has 0 bridgehead atoms. The van der Waals surface area contributed by atoms with Crippen LogP contribution >= 0.6 is 0 Å². The van der Waals surface area contributed by atoms with E-state index in [4.69, 9.17) is 0 Å². The molecule has 4 heteroatoms. The van der Waals surface area contributed by atoms with E-state index in [0.717, 1.165) is 24.6 Å². The molecule has 0 aliphatic carbocycles. The van der Waals surface area contributed by atoms with Crippen molar-refractivity contribution in [2.45, 2.75) is 19.3 Å². The first-order chi connectivity index (χ1) is 7.45. The average Bonchev–Trinajstić information content (AvgIpc) is 2.78. The van der Waals surface area contributed by atoms with Gasteiger partial charge in [-0.25, -0.2) is 14.6 Å². The summed E-state index contributed by atoms with van der Waals surface area (Å²) >= 11 is 0. The number of nitrogens with zero attached hydrogens (tertiary/aromatic N) is 4. The molecule has 3 aliphatic rings. The maximum atomic E-state index is 4.30. The third kappa shape index (κ3) is 1.46. The molecule has 0 N–H and O–H groups in total. The summed E-state index contributed by atoms with van der Waals surface area (Å²) in [5.41, 5.74) is 0.975. The molecule has 0 aromatic rings. The van der Waals surface area contributed by atoms with Crippen molar-refractivity contribution in [3.63, 3.8) is 0 Å². The fraction of sp³-hybridized carbons (Fsp3) is 0.455. The highest BCUT2D eigenvalue weighted by atomic mass is 15.6. The minimum atomic E-state index is 0.972. The molecular formula is C11H14N4. The lowest BCUT2D eigenvalue weighted by atomic mass is 10.2. The number of hydrogen-bond donors (Lipinski definition) is 0. The van der Waals surface area contributed by atoms with E-state index < -0.39 is 0 Å². The highest BCUT2D eigenvalue weighted by molar-refractivity contribution is 5.51. The highest BCUT2D eigenvalue weighted by Gasteiger charge is 2.15. The zero-order valence-electron chi connectivity index (χ0n) is 8.63. The number of aromatic nitrogens is 3. The summed E-state index contributed by atoms with van der Waals surface area (Å²) in [6, 6.07) is 4.04. The highest BCUT2D eigenvalue weighted by Crippen LogP contribution is 2.18. The van der Waals surface area contributed by atoms with Crippen LogP contribution < -0.4 is 5.01 Å². The summed E-state index contributed by atoms with van der Waals surface area (Å²) in [6.45, 7) is 2.24. The smallest absolute Gasteiger partial charge is 0.178 e. The molecule has 0 saturated carbocycles. The average molecular weight is 202 g/mol. The van der Waals surface area contributed by atoms with Gasteiger partial charge >= 0.3 is 0 Å². The molecule has 0 aromatic carbocycles. The molecule has 0 radical (unpaired) electrons. The van der Waals surface area contributed by atoms with E-state index in [0.29, 0.717) is 0 Å². The zero-order valence-corrected chi connectivity index (χ0v) is 8.63. The van der Waals surface area contributed by atoms with E-state index >= 15 is 0 Å². The summed E-state index contributed by atoms with van der Waals surface area (Å²) in [5, 5.41) is 2.35. The third-order valence-corrected chi connectivity index (χ3v) is 2.94. The molecule has 78 valence electrons. The van der Waals surface area contributed by atoms with Crippen LogP contribution in [-0.2, 0) is 0 Å². The van der Waals surface area contributed by atoms with Crippen molar-refractivity contribution in [2.75, 3.05) is 18.1 Å². The van der Waals surface area contributed by atoms with Gasteiger partial charge in [0.05, 0.1) is 0 Å². The normalized spacial score (nSPS) is 17.2. The van der Waals surface area contributed by atoms with Crippen molar-refractivity contribution < 1.29 is 0 Å². The molecule has 0 spiro atoms. The van der Waals surface area contributed by atoms with E-state index in [1.807, 2.05) is 12.1 Å². The van der Waals surface area contributed by atoms with Crippen LogP contribution in [0.1, 0.15) is 19.3 Å². The molecule has 0 unspecified atom stereocenters. The summed E-state index contributed by atoms with van der Waals surface area (Å²) in [4.78, 5) is 8.52. The van der Waals surface area contributed by atoms with Crippen LogP contribution in [0, 0.1) is 0 Å². The minimum absolute atomic E-state index is 0.972. The first kappa shape index (κ1) is 8.71. The fourth-order valence-electron chi connectivity index (χ4n) is 2.17. The van der Waals surface area contributed by atoms with Gasteiger partial charge in [-0.3, -0.25) is 0 Å². The summed E-state index contributed by atoms with van der Waals surface area (Å²) < 4.78 is 2.14. The van der Waals surface area contributed by atoms with Crippen LogP contribution in [0.5, 0.6) is 0 Å². The van der Waals surface area contributed by atoms with Gasteiger partial charge in [0.1, 0.15) is 12.0 Å². The number of imidazole rings is 1. The zero-order chi connectivity index (χ0) is 10.1. The predicted molar refractivity (Wildman–Crippen MR) is 58.4 cm³/mol. The number of pyridine rings is 1. The molecule has 3 aliphatic heterocycles. The Kier molecular flexibility index (Phi) is 2.05. The van der Waals surface area contributed by atoms with Gasteiger partial charge in [0.15, 0.2) is 5.82 Å². The van der Waals surface area contributed by atoms with Crippen LogP contribution in [0.2, 0.25) is 0 Å². The number of hydrogen-bond acceptors (Lipinski definition) is 3. The van der Waals surface area contributed by atoms with E-state index in [1.54, 1.807) is 6.33 Å². The van der Waals surface area contributed by atoms with Gasteiger partial charge in [-0.15, -0.1) is 0 Å². The van der Waals surface area contributed by atoms with Crippen LogP contribution in [0.3, 0.4) is 0 Å². The van der Waals surface area contributed by atoms with Crippen molar-refractivity contribution in [3.05, 3.63) is 24.7 Å². The lowest BCUT2D eigenvalue weighted by Crippen LogP contribution is -2.39. The molecule has 1 saturated heterocycles. The number of piperidine rings is 1. The first-order valence-corrected chi connectivity index (χ1v) is 5.48. The minimum Gasteiger partial charge on any atom is -0.311 e. The maximum Gasteiger partial charge on any atom is 0.178 e. The van der Waals surface area contributed by atoms with Crippen molar-refractivity contribution in [2.24, 2.45) is 0 Å². The second-order valence-corrected chi connectivity index (χ2v) is 3.95. The van der Waals surface area contributed by atoms with Gasteiger partial charge in [-0.1, -0.05) is 0 Å². The van der Waals surface area contributed by atoms with Crippen molar-refractivity contribution in [1.29, 1.82) is 0 Å². The molecule has 1 fully saturated rings. The van der Waals surface area contributed by atoms with Crippen LogP contribution in [-0.4, -0.2) is 27.7 Å². The van der Waals surface area contributed by atoms with Crippen LogP contribution in [0.4, 0.5) is 0 Å². The lowest BCUT2D eigenvalue weighted by Gasteiger charge is -2.31. The molecular weight excluding hydrogens is 188 g/mol. The Morgan fingerprint density at radius 2 is 1.93 bits per heavy atom. The van der Waals surface area contributed by atoms with Crippen LogP contribution in [0.25, 0.3) is 11.5 Å². The quantitative estimate of drug-likeness (QED) is 0.702. The van der Waals surface area contributed by atoms with Gasteiger partial charge in [0, 0.05) is 19.3 Å². The largest absolute Gasteiger partial charge is 0.311 e. The molecule has 4 nitrogen and oxygen atoms in total. The Balaban J connectivity index is 1.99. The Morgan fingerprint density at radius 1 is 1.07 bits per heavy atom. The third-order valence-electron chi connectivity index (χ3n) is 2.94. The van der Waals surface area contributed by atoms with E-state index in [1.165, 1.54) is 19.3 Å². The Morgan fingerprint density at radius 3 is 2.80 bits per heavy atom. The SMILES string of the molecule is c1cc2ncnc-2n(N2CCCCC2)c1. The fourth-order valence-corrected chi connectivity index (χ4v) is 2.17. The predicted octanol–water partition coefficient (Wildman–Crippen LogP) is 1.50. The molecule has 0 aromatic heterocycles. The number of fused-ring (bicyclic) bond motifs is 1. The standard InChI is InChI=1S/C11H14N4/c1-2-6-14(7-3-1)15-8-4-5-10-11(15)13-9-12-10/h4-5,8-9H,1-3,6-7H2.